The fourth-order valence-electron chi connectivity index (χ4n) is 1.88. The van der Waals surface area contributed by atoms with Crippen LogP contribution < -0.4 is 5.32 Å². The van der Waals surface area contributed by atoms with Gasteiger partial charge in [0.1, 0.15) is 0 Å². The van der Waals surface area contributed by atoms with Crippen molar-refractivity contribution in [2.24, 2.45) is 5.92 Å². The van der Waals surface area contributed by atoms with E-state index in [2.05, 4.69) is 12.2 Å². The summed E-state index contributed by atoms with van der Waals surface area (Å²) >= 11 is 11.8. The Hall–Kier alpha value is -0.240. The summed E-state index contributed by atoms with van der Waals surface area (Å²) in [5.41, 5.74) is 1.19. The Morgan fingerprint density at radius 2 is 2.06 bits per heavy atom. The summed E-state index contributed by atoms with van der Waals surface area (Å²) in [5.74, 6) is 0.969. The van der Waals surface area contributed by atoms with Gasteiger partial charge in [0.15, 0.2) is 0 Å². The maximum absolute atomic E-state index is 5.96. The Bertz CT molecular complexity index is 361. The molecule has 1 aromatic carbocycles. The van der Waals surface area contributed by atoms with Gasteiger partial charge in [-0.1, -0.05) is 42.1 Å². The summed E-state index contributed by atoms with van der Waals surface area (Å²) in [6, 6.07) is 6.39. The number of benzene rings is 1. The van der Waals surface area contributed by atoms with E-state index < -0.39 is 0 Å². The van der Waals surface area contributed by atoms with Gasteiger partial charge >= 0.3 is 0 Å². The van der Waals surface area contributed by atoms with Crippen LogP contribution in [0.25, 0.3) is 0 Å². The van der Waals surface area contributed by atoms with Gasteiger partial charge in [-0.25, -0.2) is 0 Å². The van der Waals surface area contributed by atoms with Crippen molar-refractivity contribution in [3.05, 3.63) is 33.8 Å². The second-order valence-electron chi connectivity index (χ2n) is 4.71. The van der Waals surface area contributed by atoms with Crippen molar-refractivity contribution in [1.82, 2.24) is 5.32 Å². The zero-order chi connectivity index (χ0) is 11.5. The largest absolute Gasteiger partial charge is 0.310 e. The van der Waals surface area contributed by atoms with Crippen molar-refractivity contribution >= 4 is 23.2 Å². The second-order valence-corrected chi connectivity index (χ2v) is 5.52. The van der Waals surface area contributed by atoms with Crippen LogP contribution in [-0.4, -0.2) is 6.04 Å². The first-order valence-corrected chi connectivity index (χ1v) is 6.58. The van der Waals surface area contributed by atoms with Crippen LogP contribution in [0.1, 0.15) is 31.7 Å². The van der Waals surface area contributed by atoms with Crippen LogP contribution in [0, 0.1) is 5.92 Å². The van der Waals surface area contributed by atoms with Crippen LogP contribution in [0.15, 0.2) is 18.2 Å². The lowest BCUT2D eigenvalue weighted by Gasteiger charge is -2.13. The highest BCUT2D eigenvalue weighted by Crippen LogP contribution is 2.33. The number of rotatable bonds is 5. The average molecular weight is 258 g/mol. The molecule has 1 N–H and O–H groups in total. The van der Waals surface area contributed by atoms with E-state index in [0.29, 0.717) is 16.1 Å². The summed E-state index contributed by atoms with van der Waals surface area (Å²) < 4.78 is 0. The van der Waals surface area contributed by atoms with Crippen molar-refractivity contribution in [2.45, 2.75) is 38.8 Å². The molecule has 1 aromatic rings. The highest BCUT2D eigenvalue weighted by molar-refractivity contribution is 6.42. The number of hydrogen-bond donors (Lipinski definition) is 1. The molecule has 1 fully saturated rings. The van der Waals surface area contributed by atoms with Gasteiger partial charge in [-0.2, -0.15) is 0 Å². The standard InChI is InChI=1S/C13H17Cl2N/c1-9(6-10-2-3-10)16-8-11-4-5-12(14)13(15)7-11/h4-5,7,9-10,16H,2-3,6,8H2,1H3. The average Bonchev–Trinajstić information content (AvgIpc) is 3.04. The second kappa shape index (κ2) is 5.39. The van der Waals surface area contributed by atoms with Gasteiger partial charge in [-0.15, -0.1) is 0 Å². The minimum atomic E-state index is 0.585. The zero-order valence-corrected chi connectivity index (χ0v) is 11.0. The predicted molar refractivity (Wildman–Crippen MR) is 70.1 cm³/mol. The Morgan fingerprint density at radius 1 is 1.31 bits per heavy atom. The molecule has 0 aliphatic heterocycles. The molecule has 1 saturated carbocycles. The molecule has 1 unspecified atom stereocenters. The van der Waals surface area contributed by atoms with E-state index in [9.17, 15) is 0 Å². The molecule has 1 atom stereocenters. The van der Waals surface area contributed by atoms with E-state index in [1.54, 1.807) is 0 Å². The number of hydrogen-bond acceptors (Lipinski definition) is 1. The van der Waals surface area contributed by atoms with Crippen LogP contribution in [-0.2, 0) is 6.54 Å². The maximum Gasteiger partial charge on any atom is 0.0595 e. The lowest BCUT2D eigenvalue weighted by atomic mass is 10.1. The van der Waals surface area contributed by atoms with E-state index in [0.717, 1.165) is 12.5 Å². The Balaban J connectivity index is 1.81. The summed E-state index contributed by atoms with van der Waals surface area (Å²) in [7, 11) is 0. The van der Waals surface area contributed by atoms with E-state index in [-0.39, 0.29) is 0 Å². The highest BCUT2D eigenvalue weighted by atomic mass is 35.5. The summed E-state index contributed by atoms with van der Waals surface area (Å²) in [6.07, 6.45) is 4.12. The molecule has 0 radical (unpaired) electrons. The minimum Gasteiger partial charge on any atom is -0.310 e. The van der Waals surface area contributed by atoms with Crippen molar-refractivity contribution in [2.75, 3.05) is 0 Å². The van der Waals surface area contributed by atoms with Gasteiger partial charge in [0.2, 0.25) is 0 Å². The number of nitrogens with one attached hydrogen (secondary N) is 1. The molecule has 3 heteroatoms. The molecule has 2 rings (SSSR count). The third-order valence-electron chi connectivity index (χ3n) is 3.02. The summed E-state index contributed by atoms with van der Waals surface area (Å²) in [6.45, 7) is 3.11. The van der Waals surface area contributed by atoms with E-state index >= 15 is 0 Å². The van der Waals surface area contributed by atoms with Gasteiger partial charge in [-0.3, -0.25) is 0 Å². The first-order valence-electron chi connectivity index (χ1n) is 5.82. The Labute approximate surface area is 107 Å². The molecular formula is C13H17Cl2N. The summed E-state index contributed by atoms with van der Waals surface area (Å²) in [5, 5.41) is 4.77. The lowest BCUT2D eigenvalue weighted by Crippen LogP contribution is -2.25. The molecule has 0 heterocycles. The fraction of sp³-hybridized carbons (Fsp3) is 0.538. The van der Waals surface area contributed by atoms with Crippen molar-refractivity contribution in [3.8, 4) is 0 Å². The van der Waals surface area contributed by atoms with Crippen molar-refractivity contribution in [1.29, 1.82) is 0 Å². The molecule has 16 heavy (non-hydrogen) atoms. The molecule has 1 aliphatic rings. The van der Waals surface area contributed by atoms with Crippen molar-refractivity contribution in [3.63, 3.8) is 0 Å². The monoisotopic (exact) mass is 257 g/mol. The van der Waals surface area contributed by atoms with Crippen molar-refractivity contribution < 1.29 is 0 Å². The topological polar surface area (TPSA) is 12.0 Å². The molecule has 1 nitrogen and oxygen atoms in total. The fourth-order valence-corrected chi connectivity index (χ4v) is 2.20. The normalized spacial score (nSPS) is 17.4. The lowest BCUT2D eigenvalue weighted by molar-refractivity contribution is 0.487. The highest BCUT2D eigenvalue weighted by Gasteiger charge is 2.23. The van der Waals surface area contributed by atoms with Gasteiger partial charge in [0, 0.05) is 12.6 Å². The van der Waals surface area contributed by atoms with Gasteiger partial charge < -0.3 is 5.32 Å². The molecule has 88 valence electrons. The van der Waals surface area contributed by atoms with Crippen LogP contribution in [0.2, 0.25) is 10.0 Å². The first-order chi connectivity index (χ1) is 7.65. The Morgan fingerprint density at radius 3 is 2.69 bits per heavy atom. The smallest absolute Gasteiger partial charge is 0.0595 e. The predicted octanol–water partition coefficient (Wildman–Crippen LogP) is 4.27. The molecular weight excluding hydrogens is 241 g/mol. The molecule has 0 aromatic heterocycles. The van der Waals surface area contributed by atoms with Gasteiger partial charge in [0.05, 0.1) is 10.0 Å². The van der Waals surface area contributed by atoms with Gasteiger partial charge in [0.25, 0.3) is 0 Å². The molecule has 0 spiro atoms. The number of halogens is 2. The van der Waals surface area contributed by atoms with Crippen LogP contribution in [0.4, 0.5) is 0 Å². The van der Waals surface area contributed by atoms with E-state index in [1.807, 2.05) is 18.2 Å². The van der Waals surface area contributed by atoms with Crippen LogP contribution in [0.3, 0.4) is 0 Å². The minimum absolute atomic E-state index is 0.585. The SMILES string of the molecule is CC(CC1CC1)NCc1ccc(Cl)c(Cl)c1. The van der Waals surface area contributed by atoms with Crippen LogP contribution >= 0.6 is 23.2 Å². The zero-order valence-electron chi connectivity index (χ0n) is 9.47. The van der Waals surface area contributed by atoms with E-state index in [1.165, 1.54) is 24.8 Å². The van der Waals surface area contributed by atoms with Gasteiger partial charge in [-0.05, 0) is 37.0 Å². The van der Waals surface area contributed by atoms with Crippen LogP contribution in [0.5, 0.6) is 0 Å². The molecule has 0 bridgehead atoms. The maximum atomic E-state index is 5.96. The summed E-state index contributed by atoms with van der Waals surface area (Å²) in [4.78, 5) is 0. The third-order valence-corrected chi connectivity index (χ3v) is 3.76. The van der Waals surface area contributed by atoms with E-state index in [4.69, 9.17) is 23.2 Å². The molecule has 0 amide bonds. The first kappa shape index (κ1) is 12.2. The Kier molecular flexibility index (Phi) is 4.12. The molecule has 0 saturated heterocycles. The third kappa shape index (κ3) is 3.65. The quantitative estimate of drug-likeness (QED) is 0.831. The molecule has 1 aliphatic carbocycles.